The molecule has 2 aliphatic rings. The number of H-pyrrole nitrogens is 1. The van der Waals surface area contributed by atoms with Crippen molar-refractivity contribution in [3.63, 3.8) is 0 Å². The van der Waals surface area contributed by atoms with Crippen LogP contribution in [0, 0.1) is 5.82 Å². The van der Waals surface area contributed by atoms with Crippen LogP contribution in [-0.4, -0.2) is 38.1 Å². The van der Waals surface area contributed by atoms with Crippen molar-refractivity contribution < 1.29 is 18.6 Å². The molecule has 2 fully saturated rings. The highest BCUT2D eigenvalue weighted by Gasteiger charge is 2.55. The van der Waals surface area contributed by atoms with Gasteiger partial charge >= 0.3 is 5.69 Å². The highest BCUT2D eigenvalue weighted by atomic mass is 127. The van der Waals surface area contributed by atoms with Gasteiger partial charge in [0.25, 0.3) is 5.56 Å². The molecular weight excluding hydrogens is 398 g/mol. The summed E-state index contributed by atoms with van der Waals surface area (Å²) in [5.74, 6) is -1.85. The maximum absolute atomic E-state index is 13.5. The Morgan fingerprint density at radius 2 is 2.05 bits per heavy atom. The maximum Gasteiger partial charge on any atom is 0.330 e. The summed E-state index contributed by atoms with van der Waals surface area (Å²) in [6, 6.07) is 0. The number of fused-ring (bicyclic) bond motifs is 1. The van der Waals surface area contributed by atoms with Gasteiger partial charge in [0, 0.05) is 4.43 Å². The van der Waals surface area contributed by atoms with Gasteiger partial charge in [-0.3, -0.25) is 14.3 Å². The number of aromatic nitrogens is 2. The first kappa shape index (κ1) is 15.1. The van der Waals surface area contributed by atoms with Crippen LogP contribution in [0.5, 0.6) is 0 Å². The average molecular weight is 412 g/mol. The molecule has 3 rings (SSSR count). The molecule has 4 atom stereocenters. The van der Waals surface area contributed by atoms with Gasteiger partial charge in [-0.25, -0.2) is 4.79 Å². The smallest absolute Gasteiger partial charge is 0.330 e. The summed E-state index contributed by atoms with van der Waals surface area (Å²) < 4.78 is 32.4. The Balaban J connectivity index is 2.01. The molecule has 0 bridgehead atoms. The fourth-order valence-electron chi connectivity index (χ4n) is 2.66. The molecule has 0 aromatic carbocycles. The molecule has 116 valence electrons. The number of aromatic amines is 1. The van der Waals surface area contributed by atoms with Crippen LogP contribution in [-0.2, 0) is 14.2 Å². The van der Waals surface area contributed by atoms with Gasteiger partial charge in [0.1, 0.15) is 12.2 Å². The van der Waals surface area contributed by atoms with Crippen LogP contribution < -0.4 is 11.2 Å². The van der Waals surface area contributed by atoms with E-state index in [0.29, 0.717) is 4.43 Å². The Labute approximate surface area is 132 Å². The molecule has 1 aromatic heterocycles. The zero-order valence-electron chi connectivity index (χ0n) is 11.3. The summed E-state index contributed by atoms with van der Waals surface area (Å²) in [7, 11) is 0. The molecule has 7 nitrogen and oxygen atoms in total. The van der Waals surface area contributed by atoms with Crippen molar-refractivity contribution in [3.8, 4) is 0 Å². The topological polar surface area (TPSA) is 82.6 Å². The van der Waals surface area contributed by atoms with Gasteiger partial charge in [0.15, 0.2) is 12.0 Å². The molecular formula is C12H14FIN2O5. The average Bonchev–Trinajstić information content (AvgIpc) is 2.87. The second-order valence-corrected chi connectivity index (χ2v) is 6.31. The highest BCUT2D eigenvalue weighted by molar-refractivity contribution is 14.1. The van der Waals surface area contributed by atoms with Gasteiger partial charge in [-0.2, -0.15) is 4.39 Å². The van der Waals surface area contributed by atoms with Gasteiger partial charge in [-0.15, -0.1) is 0 Å². The fraction of sp³-hybridized carbons (Fsp3) is 0.667. The summed E-state index contributed by atoms with van der Waals surface area (Å²) in [5, 5.41) is 0. The second kappa shape index (κ2) is 5.14. The van der Waals surface area contributed by atoms with E-state index < -0.39 is 35.2 Å². The fourth-order valence-corrected chi connectivity index (χ4v) is 3.37. The molecule has 1 aromatic rings. The maximum atomic E-state index is 13.5. The van der Waals surface area contributed by atoms with Gasteiger partial charge in [0.2, 0.25) is 5.82 Å². The van der Waals surface area contributed by atoms with Crippen LogP contribution in [0.25, 0.3) is 0 Å². The van der Waals surface area contributed by atoms with Crippen LogP contribution in [0.4, 0.5) is 4.39 Å². The number of hydrogen-bond donors (Lipinski definition) is 1. The lowest BCUT2D eigenvalue weighted by Gasteiger charge is -2.24. The second-order valence-electron chi connectivity index (χ2n) is 5.43. The summed E-state index contributed by atoms with van der Waals surface area (Å²) >= 11 is 2.15. The Hall–Kier alpha value is -0.780. The van der Waals surface area contributed by atoms with E-state index in [1.54, 1.807) is 13.8 Å². The molecule has 21 heavy (non-hydrogen) atoms. The molecule has 0 aliphatic carbocycles. The molecule has 3 heterocycles. The molecule has 0 saturated carbocycles. The predicted octanol–water partition coefficient (Wildman–Crippen LogP) is 0.528. The van der Waals surface area contributed by atoms with Crippen molar-refractivity contribution in [1.82, 2.24) is 9.55 Å². The summed E-state index contributed by atoms with van der Waals surface area (Å²) in [4.78, 5) is 24.9. The molecule has 2 saturated heterocycles. The van der Waals surface area contributed by atoms with Crippen molar-refractivity contribution in [2.24, 2.45) is 0 Å². The Kier molecular flexibility index (Phi) is 3.71. The van der Waals surface area contributed by atoms with E-state index >= 15 is 0 Å². The molecule has 0 unspecified atom stereocenters. The minimum Gasteiger partial charge on any atom is -0.348 e. The third kappa shape index (κ3) is 2.56. The zero-order valence-corrected chi connectivity index (χ0v) is 13.5. The van der Waals surface area contributed by atoms with Crippen molar-refractivity contribution in [3.05, 3.63) is 32.9 Å². The van der Waals surface area contributed by atoms with E-state index in [2.05, 4.69) is 22.6 Å². The highest BCUT2D eigenvalue weighted by Crippen LogP contribution is 2.42. The summed E-state index contributed by atoms with van der Waals surface area (Å²) in [6.07, 6.45) is -1.15. The minimum atomic E-state index is -1.06. The van der Waals surface area contributed by atoms with Gasteiger partial charge in [0.05, 0.1) is 12.3 Å². The van der Waals surface area contributed by atoms with E-state index in [1.165, 1.54) is 0 Å². The molecule has 2 aliphatic heterocycles. The first-order valence-electron chi connectivity index (χ1n) is 6.40. The SMILES string of the molecule is CC1(C)O[C@@H]2[C@H](O1)[C@@H](CI)O[C@H]2n1cc(F)c(=O)[nH]c1=O. The Bertz CT molecular complexity index is 672. The van der Waals surface area contributed by atoms with Crippen molar-refractivity contribution in [2.75, 3.05) is 4.43 Å². The number of nitrogens with zero attached hydrogens (tertiary/aromatic N) is 1. The summed E-state index contributed by atoms with van der Waals surface area (Å²) in [6.45, 7) is 3.53. The predicted molar refractivity (Wildman–Crippen MR) is 77.9 cm³/mol. The number of rotatable bonds is 2. The summed E-state index contributed by atoms with van der Waals surface area (Å²) in [5.41, 5.74) is -1.80. The molecule has 0 spiro atoms. The number of alkyl halides is 1. The monoisotopic (exact) mass is 412 g/mol. The normalized spacial score (nSPS) is 34.1. The van der Waals surface area contributed by atoms with Gasteiger partial charge in [-0.05, 0) is 13.8 Å². The van der Waals surface area contributed by atoms with Crippen LogP contribution >= 0.6 is 22.6 Å². The largest absolute Gasteiger partial charge is 0.348 e. The van der Waals surface area contributed by atoms with Crippen molar-refractivity contribution >= 4 is 22.6 Å². The number of nitrogens with one attached hydrogen (secondary N) is 1. The number of hydrogen-bond acceptors (Lipinski definition) is 5. The zero-order chi connectivity index (χ0) is 15.4. The number of halogens is 2. The van der Waals surface area contributed by atoms with Crippen LogP contribution in [0.15, 0.2) is 15.8 Å². The number of ether oxygens (including phenoxy) is 3. The minimum absolute atomic E-state index is 0.274. The van der Waals surface area contributed by atoms with E-state index in [0.717, 1.165) is 10.8 Å². The molecule has 1 N–H and O–H groups in total. The standard InChI is InChI=1S/C12H14FIN2O5/c1-12(2)20-7-6(3-14)19-10(8(7)21-12)16-4-5(13)9(17)15-11(16)18/h4,6-8,10H,3H2,1-2H3,(H,15,17,18)/t6-,7-,8-,10-/m1/s1. The van der Waals surface area contributed by atoms with E-state index in [-0.39, 0.29) is 12.2 Å². The third-order valence-electron chi connectivity index (χ3n) is 3.48. The lowest BCUT2D eigenvalue weighted by Crippen LogP contribution is -2.38. The Morgan fingerprint density at radius 1 is 1.38 bits per heavy atom. The van der Waals surface area contributed by atoms with Gasteiger partial charge < -0.3 is 14.2 Å². The third-order valence-corrected chi connectivity index (χ3v) is 4.34. The lowest BCUT2D eigenvalue weighted by atomic mass is 10.1. The van der Waals surface area contributed by atoms with Gasteiger partial charge in [-0.1, -0.05) is 22.6 Å². The van der Waals surface area contributed by atoms with E-state index in [1.807, 2.05) is 4.98 Å². The van der Waals surface area contributed by atoms with Crippen molar-refractivity contribution in [2.45, 2.75) is 44.2 Å². The lowest BCUT2D eigenvalue weighted by molar-refractivity contribution is -0.194. The van der Waals surface area contributed by atoms with E-state index in [9.17, 15) is 14.0 Å². The quantitative estimate of drug-likeness (QED) is 0.566. The molecule has 0 radical (unpaired) electrons. The van der Waals surface area contributed by atoms with Crippen molar-refractivity contribution in [1.29, 1.82) is 0 Å². The molecule has 9 heteroatoms. The van der Waals surface area contributed by atoms with Crippen LogP contribution in [0.2, 0.25) is 0 Å². The first-order valence-corrected chi connectivity index (χ1v) is 7.93. The van der Waals surface area contributed by atoms with E-state index in [4.69, 9.17) is 14.2 Å². The van der Waals surface area contributed by atoms with Crippen LogP contribution in [0.1, 0.15) is 20.1 Å². The molecule has 0 amide bonds. The Morgan fingerprint density at radius 3 is 2.71 bits per heavy atom. The van der Waals surface area contributed by atoms with Crippen LogP contribution in [0.3, 0.4) is 0 Å². The first-order chi connectivity index (χ1) is 9.82.